The van der Waals surface area contributed by atoms with E-state index in [1.54, 1.807) is 24.1 Å². The van der Waals surface area contributed by atoms with E-state index in [2.05, 4.69) is 15.6 Å². The number of nitrogens with zero attached hydrogens (tertiary/aromatic N) is 2. The summed E-state index contributed by atoms with van der Waals surface area (Å²) in [5, 5.41) is 5.93. The number of hydrogen-bond acceptors (Lipinski definition) is 3. The van der Waals surface area contributed by atoms with Gasteiger partial charge in [0, 0.05) is 37.5 Å². The molecular weight excluding hydrogens is 350 g/mol. The smallest absolute Gasteiger partial charge is 0.323 e. The number of aromatic nitrogens is 1. The van der Waals surface area contributed by atoms with E-state index < -0.39 is 11.6 Å². The molecule has 1 unspecified atom stereocenters. The SMILES string of the molecule is CN(C(=O)Nc1ccc(-c2cc(F)cc(F)c2)cn1)C1CCNC1.Cl. The summed E-state index contributed by atoms with van der Waals surface area (Å²) in [7, 11) is 1.75. The van der Waals surface area contributed by atoms with Crippen molar-refractivity contribution in [2.75, 3.05) is 25.5 Å². The molecule has 134 valence electrons. The van der Waals surface area contributed by atoms with Crippen LogP contribution < -0.4 is 10.6 Å². The van der Waals surface area contributed by atoms with Crippen molar-refractivity contribution >= 4 is 24.3 Å². The molecule has 0 radical (unpaired) electrons. The first-order chi connectivity index (χ1) is 11.5. The Kier molecular flexibility index (Phi) is 6.27. The van der Waals surface area contributed by atoms with Crippen LogP contribution in [-0.4, -0.2) is 42.1 Å². The summed E-state index contributed by atoms with van der Waals surface area (Å²) in [6.07, 6.45) is 2.39. The third-order valence-electron chi connectivity index (χ3n) is 4.10. The number of carbonyl (C=O) groups is 1. The van der Waals surface area contributed by atoms with Crippen LogP contribution >= 0.6 is 12.4 Å². The van der Waals surface area contributed by atoms with Crippen LogP contribution in [0.5, 0.6) is 0 Å². The summed E-state index contributed by atoms with van der Waals surface area (Å²) in [5.41, 5.74) is 0.965. The van der Waals surface area contributed by atoms with Crippen molar-refractivity contribution in [3.63, 3.8) is 0 Å². The topological polar surface area (TPSA) is 57.3 Å². The average molecular weight is 369 g/mol. The average Bonchev–Trinajstić information content (AvgIpc) is 3.08. The van der Waals surface area contributed by atoms with Gasteiger partial charge in [-0.25, -0.2) is 18.6 Å². The van der Waals surface area contributed by atoms with E-state index in [1.165, 1.54) is 18.3 Å². The van der Waals surface area contributed by atoms with Crippen LogP contribution in [0.2, 0.25) is 0 Å². The number of pyridine rings is 1. The van der Waals surface area contributed by atoms with E-state index in [-0.39, 0.29) is 24.5 Å². The van der Waals surface area contributed by atoms with Crippen molar-refractivity contribution in [2.24, 2.45) is 0 Å². The summed E-state index contributed by atoms with van der Waals surface area (Å²) in [6, 6.07) is 6.49. The van der Waals surface area contributed by atoms with Crippen LogP contribution in [0.1, 0.15) is 6.42 Å². The Morgan fingerprint density at radius 1 is 1.24 bits per heavy atom. The first kappa shape index (κ1) is 19.1. The molecule has 2 heterocycles. The third-order valence-corrected chi connectivity index (χ3v) is 4.10. The second-order valence-electron chi connectivity index (χ2n) is 5.78. The molecule has 25 heavy (non-hydrogen) atoms. The predicted molar refractivity (Wildman–Crippen MR) is 94.9 cm³/mol. The molecule has 2 amide bonds. The highest BCUT2D eigenvalue weighted by Crippen LogP contribution is 2.22. The van der Waals surface area contributed by atoms with E-state index >= 15 is 0 Å². The molecule has 8 heteroatoms. The highest BCUT2D eigenvalue weighted by Gasteiger charge is 2.23. The number of rotatable bonds is 3. The van der Waals surface area contributed by atoms with E-state index in [4.69, 9.17) is 0 Å². The number of likely N-dealkylation sites (N-methyl/N-ethyl adjacent to an activating group) is 1. The Bertz CT molecular complexity index is 716. The van der Waals surface area contributed by atoms with Gasteiger partial charge < -0.3 is 10.2 Å². The molecule has 2 N–H and O–H groups in total. The molecule has 1 aliphatic heterocycles. The molecule has 0 bridgehead atoms. The van der Waals surface area contributed by atoms with Crippen molar-refractivity contribution in [2.45, 2.75) is 12.5 Å². The lowest BCUT2D eigenvalue weighted by molar-refractivity contribution is 0.207. The number of halogens is 3. The summed E-state index contributed by atoms with van der Waals surface area (Å²) in [4.78, 5) is 18.0. The maximum absolute atomic E-state index is 13.3. The molecule has 1 aromatic carbocycles. The van der Waals surface area contributed by atoms with Crippen molar-refractivity contribution in [1.82, 2.24) is 15.2 Å². The first-order valence-corrected chi connectivity index (χ1v) is 7.70. The zero-order valence-electron chi connectivity index (χ0n) is 13.6. The van der Waals surface area contributed by atoms with Crippen LogP contribution in [0.15, 0.2) is 36.5 Å². The summed E-state index contributed by atoms with van der Waals surface area (Å²) < 4.78 is 26.5. The number of hydrogen-bond donors (Lipinski definition) is 2. The zero-order chi connectivity index (χ0) is 17.1. The third kappa shape index (κ3) is 4.64. The van der Waals surface area contributed by atoms with Crippen molar-refractivity contribution < 1.29 is 13.6 Å². The standard InChI is InChI=1S/C17H18F2N4O.ClH/c1-23(15-4-5-20-10-15)17(24)22-16-3-2-11(9-21-16)12-6-13(18)8-14(19)7-12;/h2-3,6-9,15,20H,4-5,10H2,1H3,(H,21,22,24);1H. The Morgan fingerprint density at radius 3 is 2.52 bits per heavy atom. The van der Waals surface area contributed by atoms with Crippen LogP contribution in [0.25, 0.3) is 11.1 Å². The number of benzene rings is 1. The van der Waals surface area contributed by atoms with E-state index in [0.717, 1.165) is 25.6 Å². The van der Waals surface area contributed by atoms with Gasteiger partial charge in [-0.15, -0.1) is 12.4 Å². The van der Waals surface area contributed by atoms with Gasteiger partial charge in [0.05, 0.1) is 0 Å². The molecule has 2 aromatic rings. The van der Waals surface area contributed by atoms with Crippen LogP contribution in [0.4, 0.5) is 19.4 Å². The predicted octanol–water partition coefficient (Wildman–Crippen LogP) is 3.27. The van der Waals surface area contributed by atoms with Gasteiger partial charge in [0.1, 0.15) is 17.5 Å². The Morgan fingerprint density at radius 2 is 1.96 bits per heavy atom. The lowest BCUT2D eigenvalue weighted by atomic mass is 10.1. The molecule has 0 spiro atoms. The Labute approximate surface area is 150 Å². The Balaban J connectivity index is 0.00000225. The van der Waals surface area contributed by atoms with Crippen LogP contribution in [0, 0.1) is 11.6 Å². The number of amides is 2. The fraction of sp³-hybridized carbons (Fsp3) is 0.294. The quantitative estimate of drug-likeness (QED) is 0.874. The summed E-state index contributed by atoms with van der Waals surface area (Å²) in [5.74, 6) is -0.901. The number of anilines is 1. The van der Waals surface area contributed by atoms with Gasteiger partial charge >= 0.3 is 6.03 Å². The largest absolute Gasteiger partial charge is 0.323 e. The van der Waals surface area contributed by atoms with Crippen molar-refractivity contribution in [1.29, 1.82) is 0 Å². The number of urea groups is 1. The number of nitrogens with one attached hydrogen (secondary N) is 2. The van der Waals surface area contributed by atoms with E-state index in [1.807, 2.05) is 0 Å². The lowest BCUT2D eigenvalue weighted by Crippen LogP contribution is -2.41. The molecule has 0 saturated carbocycles. The highest BCUT2D eigenvalue weighted by molar-refractivity contribution is 5.88. The molecule has 1 atom stereocenters. The molecule has 1 aliphatic rings. The summed E-state index contributed by atoms with van der Waals surface area (Å²) >= 11 is 0. The monoisotopic (exact) mass is 368 g/mol. The summed E-state index contributed by atoms with van der Waals surface area (Å²) in [6.45, 7) is 1.68. The fourth-order valence-electron chi connectivity index (χ4n) is 2.69. The van der Waals surface area contributed by atoms with Gasteiger partial charge in [0.25, 0.3) is 0 Å². The van der Waals surface area contributed by atoms with Crippen molar-refractivity contribution in [3.8, 4) is 11.1 Å². The van der Waals surface area contributed by atoms with E-state index in [0.29, 0.717) is 16.9 Å². The minimum Gasteiger partial charge on any atom is -0.323 e. The minimum atomic E-state index is -0.644. The van der Waals surface area contributed by atoms with Gasteiger partial charge in [0.15, 0.2) is 0 Å². The normalized spacial score (nSPS) is 16.2. The van der Waals surface area contributed by atoms with Gasteiger partial charge in [-0.05, 0) is 42.8 Å². The van der Waals surface area contributed by atoms with Gasteiger partial charge in [-0.3, -0.25) is 5.32 Å². The molecule has 1 fully saturated rings. The minimum absolute atomic E-state index is 0. The molecule has 3 rings (SSSR count). The molecule has 0 aliphatic carbocycles. The highest BCUT2D eigenvalue weighted by atomic mass is 35.5. The zero-order valence-corrected chi connectivity index (χ0v) is 14.4. The van der Waals surface area contributed by atoms with Crippen LogP contribution in [-0.2, 0) is 0 Å². The maximum atomic E-state index is 13.3. The molecular formula is C17H19ClF2N4O. The number of carbonyl (C=O) groups excluding carboxylic acids is 1. The molecule has 1 aromatic heterocycles. The first-order valence-electron chi connectivity index (χ1n) is 7.70. The van der Waals surface area contributed by atoms with Gasteiger partial charge in [0.2, 0.25) is 0 Å². The maximum Gasteiger partial charge on any atom is 0.323 e. The van der Waals surface area contributed by atoms with Crippen molar-refractivity contribution in [3.05, 3.63) is 48.2 Å². The Hall–Kier alpha value is -2.25. The second-order valence-corrected chi connectivity index (χ2v) is 5.78. The molecule has 1 saturated heterocycles. The van der Waals surface area contributed by atoms with E-state index in [9.17, 15) is 13.6 Å². The fourth-order valence-corrected chi connectivity index (χ4v) is 2.69. The van der Waals surface area contributed by atoms with Crippen LogP contribution in [0.3, 0.4) is 0 Å². The van der Waals surface area contributed by atoms with Gasteiger partial charge in [-0.2, -0.15) is 0 Å². The second kappa shape index (κ2) is 8.22. The van der Waals surface area contributed by atoms with Gasteiger partial charge in [-0.1, -0.05) is 0 Å². The molecule has 5 nitrogen and oxygen atoms in total. The lowest BCUT2D eigenvalue weighted by Gasteiger charge is -2.23.